The number of benzene rings is 1. The van der Waals surface area contributed by atoms with Crippen LogP contribution in [0.2, 0.25) is 0 Å². The van der Waals surface area contributed by atoms with Gasteiger partial charge in [-0.25, -0.2) is 9.18 Å². The minimum Gasteiger partial charge on any atom is -0.444 e. The molecular weight excluding hydrogens is 335 g/mol. The lowest BCUT2D eigenvalue weighted by molar-refractivity contribution is 0.0185. The van der Waals surface area contributed by atoms with E-state index < -0.39 is 23.4 Å². The molecule has 1 N–H and O–H groups in total. The van der Waals surface area contributed by atoms with E-state index in [0.29, 0.717) is 13.1 Å². The molecule has 1 fully saturated rings. The first-order valence-electron chi connectivity index (χ1n) is 8.82. The van der Waals surface area contributed by atoms with Gasteiger partial charge in [0.2, 0.25) is 0 Å². The summed E-state index contributed by atoms with van der Waals surface area (Å²) in [6.45, 7) is 11.8. The number of halogens is 1. The summed E-state index contributed by atoms with van der Waals surface area (Å²) in [5.41, 5.74) is 0.859. The molecule has 1 saturated heterocycles. The third-order valence-electron chi connectivity index (χ3n) is 4.23. The van der Waals surface area contributed by atoms with E-state index >= 15 is 0 Å². The highest BCUT2D eigenvalue weighted by molar-refractivity contribution is 5.95. The first kappa shape index (κ1) is 19.9. The molecule has 0 aliphatic carbocycles. The topological polar surface area (TPSA) is 58.6 Å². The van der Waals surface area contributed by atoms with Crippen LogP contribution in [-0.2, 0) is 4.74 Å². The van der Waals surface area contributed by atoms with Crippen molar-refractivity contribution in [1.82, 2.24) is 10.2 Å². The van der Waals surface area contributed by atoms with E-state index in [4.69, 9.17) is 4.74 Å². The Morgan fingerprint density at radius 1 is 1.38 bits per heavy atom. The van der Waals surface area contributed by atoms with E-state index in [1.807, 2.05) is 20.8 Å². The quantitative estimate of drug-likeness (QED) is 0.887. The van der Waals surface area contributed by atoms with Crippen LogP contribution >= 0.6 is 0 Å². The second-order valence-corrected chi connectivity index (χ2v) is 7.63. The Bertz CT molecular complexity index is 710. The molecule has 1 aliphatic heterocycles. The largest absolute Gasteiger partial charge is 0.444 e. The van der Waals surface area contributed by atoms with Gasteiger partial charge in [0.1, 0.15) is 11.4 Å². The minimum atomic E-state index is -0.570. The number of piperidine rings is 1. The molecule has 1 aliphatic rings. The average molecular weight is 362 g/mol. The van der Waals surface area contributed by atoms with Gasteiger partial charge in [0.15, 0.2) is 0 Å². The molecule has 6 heteroatoms. The summed E-state index contributed by atoms with van der Waals surface area (Å²) >= 11 is 0. The van der Waals surface area contributed by atoms with Crippen molar-refractivity contribution in [3.63, 3.8) is 0 Å². The van der Waals surface area contributed by atoms with E-state index in [-0.39, 0.29) is 11.6 Å². The summed E-state index contributed by atoms with van der Waals surface area (Å²) in [4.78, 5) is 26.3. The third-order valence-corrected chi connectivity index (χ3v) is 4.23. The molecule has 1 aromatic rings. The molecule has 0 radical (unpaired) electrons. The summed E-state index contributed by atoms with van der Waals surface area (Å²) in [5, 5.41) is 2.83. The molecule has 26 heavy (non-hydrogen) atoms. The van der Waals surface area contributed by atoms with E-state index in [1.54, 1.807) is 17.9 Å². The zero-order valence-electron chi connectivity index (χ0n) is 15.9. The average Bonchev–Trinajstić information content (AvgIpc) is 2.53. The van der Waals surface area contributed by atoms with E-state index in [1.165, 1.54) is 12.1 Å². The lowest BCUT2D eigenvalue weighted by Gasteiger charge is -2.34. The first-order chi connectivity index (χ1) is 12.1. The molecule has 0 aromatic heterocycles. The molecule has 1 aromatic carbocycles. The Labute approximate surface area is 154 Å². The van der Waals surface area contributed by atoms with Gasteiger partial charge in [-0.05, 0) is 63.8 Å². The molecule has 2 amide bonds. The van der Waals surface area contributed by atoms with Crippen molar-refractivity contribution in [2.45, 2.75) is 52.2 Å². The summed E-state index contributed by atoms with van der Waals surface area (Å²) in [5.74, 6) is -1.05. The highest BCUT2D eigenvalue weighted by Gasteiger charge is 2.29. The molecule has 5 nitrogen and oxygen atoms in total. The number of hydrogen-bond acceptors (Lipinski definition) is 3. The molecular formula is C20H27FN2O3. The number of hydrogen-bond donors (Lipinski definition) is 1. The normalized spacial score (nSPS) is 17.6. The number of amides is 2. The maximum Gasteiger partial charge on any atom is 0.410 e. The fourth-order valence-electron chi connectivity index (χ4n) is 2.93. The zero-order chi connectivity index (χ0) is 19.5. The molecule has 1 heterocycles. The van der Waals surface area contributed by atoms with Crippen LogP contribution < -0.4 is 5.32 Å². The third kappa shape index (κ3) is 5.07. The van der Waals surface area contributed by atoms with Gasteiger partial charge in [0, 0.05) is 19.1 Å². The number of ether oxygens (including phenoxy) is 1. The highest BCUT2D eigenvalue weighted by Crippen LogP contribution is 2.19. The van der Waals surface area contributed by atoms with E-state index in [2.05, 4.69) is 11.9 Å². The van der Waals surface area contributed by atoms with Crippen LogP contribution in [0.3, 0.4) is 0 Å². The van der Waals surface area contributed by atoms with Crippen LogP contribution in [0.15, 0.2) is 18.7 Å². The van der Waals surface area contributed by atoms with Crippen LogP contribution in [0.25, 0.3) is 6.08 Å². The number of rotatable bonds is 3. The Hall–Kier alpha value is -2.37. The van der Waals surface area contributed by atoms with Gasteiger partial charge in [-0.3, -0.25) is 4.79 Å². The summed E-state index contributed by atoms with van der Waals surface area (Å²) in [6, 6.07) is 2.60. The highest BCUT2D eigenvalue weighted by atomic mass is 19.1. The van der Waals surface area contributed by atoms with Crippen molar-refractivity contribution < 1.29 is 18.7 Å². The first-order valence-corrected chi connectivity index (χ1v) is 8.82. The smallest absolute Gasteiger partial charge is 0.410 e. The number of aryl methyl sites for hydroxylation is 1. The lowest BCUT2D eigenvalue weighted by atomic mass is 10.0. The molecule has 2 rings (SSSR count). The van der Waals surface area contributed by atoms with Crippen molar-refractivity contribution in [2.24, 2.45) is 0 Å². The van der Waals surface area contributed by atoms with E-state index in [9.17, 15) is 14.0 Å². The fraction of sp³-hybridized carbons (Fsp3) is 0.500. The molecule has 1 unspecified atom stereocenters. The molecule has 1 atom stereocenters. The van der Waals surface area contributed by atoms with Gasteiger partial charge in [-0.2, -0.15) is 0 Å². The van der Waals surface area contributed by atoms with Crippen LogP contribution in [0.4, 0.5) is 9.18 Å². The van der Waals surface area contributed by atoms with E-state index in [0.717, 1.165) is 24.0 Å². The standard InChI is InChI=1S/C20H27FN2O3/c1-6-14-11-16(17(21)10-13(14)2)18(24)22-15-8-7-9-23(12-15)19(25)26-20(3,4)5/h6,10-11,15H,1,7-9,12H2,2-5H3,(H,22,24). The van der Waals surface area contributed by atoms with Crippen LogP contribution in [0.1, 0.15) is 55.1 Å². The predicted molar refractivity (Wildman–Crippen MR) is 99.5 cm³/mol. The van der Waals surface area contributed by atoms with Crippen molar-refractivity contribution in [1.29, 1.82) is 0 Å². The Balaban J connectivity index is 2.05. The van der Waals surface area contributed by atoms with Gasteiger partial charge in [0.25, 0.3) is 5.91 Å². The fourth-order valence-corrected chi connectivity index (χ4v) is 2.93. The summed E-state index contributed by atoms with van der Waals surface area (Å²) in [6.07, 6.45) is 2.67. The SMILES string of the molecule is C=Cc1cc(C(=O)NC2CCCN(C(=O)OC(C)(C)C)C2)c(F)cc1C. The number of likely N-dealkylation sites (tertiary alicyclic amines) is 1. The molecule has 0 saturated carbocycles. The maximum absolute atomic E-state index is 14.2. The summed E-state index contributed by atoms with van der Waals surface area (Å²) < 4.78 is 19.6. The number of carbonyl (C=O) groups is 2. The summed E-state index contributed by atoms with van der Waals surface area (Å²) in [7, 11) is 0. The Kier molecular flexibility index (Phi) is 6.05. The number of nitrogens with zero attached hydrogens (tertiary/aromatic N) is 1. The lowest BCUT2D eigenvalue weighted by Crippen LogP contribution is -2.50. The van der Waals surface area contributed by atoms with Gasteiger partial charge in [-0.15, -0.1) is 0 Å². The van der Waals surface area contributed by atoms with Crippen LogP contribution in [0.5, 0.6) is 0 Å². The number of carbonyl (C=O) groups excluding carboxylic acids is 2. The van der Waals surface area contributed by atoms with Crippen molar-refractivity contribution in [3.8, 4) is 0 Å². The van der Waals surface area contributed by atoms with Crippen molar-refractivity contribution in [3.05, 3.63) is 41.2 Å². The van der Waals surface area contributed by atoms with Crippen LogP contribution in [0, 0.1) is 12.7 Å². The minimum absolute atomic E-state index is 0.0140. The number of nitrogens with one attached hydrogen (secondary N) is 1. The molecule has 0 bridgehead atoms. The maximum atomic E-state index is 14.2. The molecule has 142 valence electrons. The van der Waals surface area contributed by atoms with Gasteiger partial charge >= 0.3 is 6.09 Å². The predicted octanol–water partition coefficient (Wildman–Crippen LogP) is 3.91. The van der Waals surface area contributed by atoms with Crippen molar-refractivity contribution >= 4 is 18.1 Å². The Morgan fingerprint density at radius 2 is 2.08 bits per heavy atom. The zero-order valence-corrected chi connectivity index (χ0v) is 15.9. The van der Waals surface area contributed by atoms with Crippen LogP contribution in [-0.4, -0.2) is 41.6 Å². The second kappa shape index (κ2) is 7.89. The molecule has 0 spiro atoms. The van der Waals surface area contributed by atoms with Crippen molar-refractivity contribution in [2.75, 3.05) is 13.1 Å². The van der Waals surface area contributed by atoms with Gasteiger partial charge < -0.3 is 15.0 Å². The Morgan fingerprint density at radius 3 is 2.69 bits per heavy atom. The monoisotopic (exact) mass is 362 g/mol. The van der Waals surface area contributed by atoms with Gasteiger partial charge in [0.05, 0.1) is 5.56 Å². The second-order valence-electron chi connectivity index (χ2n) is 7.63. The van der Waals surface area contributed by atoms with Gasteiger partial charge in [-0.1, -0.05) is 12.7 Å².